The zero-order valence-corrected chi connectivity index (χ0v) is 12.4. The minimum Gasteiger partial charge on any atom is -0.271 e. The van der Waals surface area contributed by atoms with Crippen LogP contribution in [0, 0.1) is 11.8 Å². The molecule has 2 heteroatoms. The normalized spacial score (nSPS) is 28.2. The Hall–Kier alpha value is -0.860. The van der Waals surface area contributed by atoms with Crippen LogP contribution in [0.2, 0.25) is 0 Å². The molecule has 2 saturated carbocycles. The van der Waals surface area contributed by atoms with Gasteiger partial charge in [0.05, 0.1) is 0 Å². The highest BCUT2D eigenvalue weighted by Gasteiger charge is 2.43. The number of hydrogen-bond donors (Lipinski definition) is 2. The average Bonchev–Trinajstić information content (AvgIpc) is 3.30. The maximum atomic E-state index is 5.82. The second-order valence-corrected chi connectivity index (χ2v) is 6.77. The summed E-state index contributed by atoms with van der Waals surface area (Å²) in [5, 5.41) is 0. The number of benzene rings is 1. The smallest absolute Gasteiger partial charge is 0.0244 e. The van der Waals surface area contributed by atoms with Crippen LogP contribution < -0.4 is 11.3 Å². The van der Waals surface area contributed by atoms with Gasteiger partial charge in [-0.3, -0.25) is 11.3 Å². The first kappa shape index (κ1) is 14.1. The van der Waals surface area contributed by atoms with Crippen molar-refractivity contribution in [1.29, 1.82) is 0 Å². The van der Waals surface area contributed by atoms with Gasteiger partial charge in [-0.2, -0.15) is 0 Å². The summed E-state index contributed by atoms with van der Waals surface area (Å²) in [4.78, 5) is 0. The van der Waals surface area contributed by atoms with Crippen molar-refractivity contribution in [2.45, 2.75) is 63.3 Å². The molecule has 1 aromatic rings. The topological polar surface area (TPSA) is 38.0 Å². The van der Waals surface area contributed by atoms with Crippen molar-refractivity contribution in [2.75, 3.05) is 0 Å². The molecule has 2 aliphatic rings. The van der Waals surface area contributed by atoms with E-state index in [1.54, 1.807) is 0 Å². The summed E-state index contributed by atoms with van der Waals surface area (Å²) in [7, 11) is 0. The quantitative estimate of drug-likeness (QED) is 0.607. The molecule has 0 radical (unpaired) electrons. The van der Waals surface area contributed by atoms with E-state index in [9.17, 15) is 0 Å². The second kappa shape index (κ2) is 6.73. The van der Waals surface area contributed by atoms with Crippen molar-refractivity contribution >= 4 is 0 Å². The van der Waals surface area contributed by atoms with E-state index >= 15 is 0 Å². The van der Waals surface area contributed by atoms with Gasteiger partial charge in [-0.1, -0.05) is 62.4 Å². The van der Waals surface area contributed by atoms with E-state index in [0.29, 0.717) is 6.04 Å². The molecule has 110 valence electrons. The Bertz CT molecular complexity index is 397. The summed E-state index contributed by atoms with van der Waals surface area (Å²) < 4.78 is 0. The van der Waals surface area contributed by atoms with Gasteiger partial charge in [-0.15, -0.1) is 0 Å². The van der Waals surface area contributed by atoms with Crippen molar-refractivity contribution in [3.05, 3.63) is 35.9 Å². The van der Waals surface area contributed by atoms with E-state index in [2.05, 4.69) is 35.8 Å². The molecule has 3 rings (SSSR count). The molecule has 3 atom stereocenters. The Morgan fingerprint density at radius 3 is 2.55 bits per heavy atom. The lowest BCUT2D eigenvalue weighted by Gasteiger charge is -2.24. The third-order valence-electron chi connectivity index (χ3n) is 5.41. The Morgan fingerprint density at radius 1 is 1.10 bits per heavy atom. The van der Waals surface area contributed by atoms with Crippen LogP contribution in [0.25, 0.3) is 0 Å². The van der Waals surface area contributed by atoms with Crippen molar-refractivity contribution in [2.24, 2.45) is 17.7 Å². The number of hydrogen-bond acceptors (Lipinski definition) is 2. The largest absolute Gasteiger partial charge is 0.271 e. The van der Waals surface area contributed by atoms with E-state index in [4.69, 9.17) is 5.84 Å². The van der Waals surface area contributed by atoms with Gasteiger partial charge >= 0.3 is 0 Å². The Kier molecular flexibility index (Phi) is 4.74. The SMILES string of the molecule is NNC(CCC1CCCCC1)C1CC1c1ccccc1. The third-order valence-corrected chi connectivity index (χ3v) is 5.41. The minimum absolute atomic E-state index is 0.516. The van der Waals surface area contributed by atoms with Crippen LogP contribution in [0.1, 0.15) is 62.8 Å². The molecule has 2 aliphatic carbocycles. The molecule has 2 fully saturated rings. The third kappa shape index (κ3) is 3.42. The van der Waals surface area contributed by atoms with Crippen LogP contribution >= 0.6 is 0 Å². The molecule has 0 bridgehead atoms. The van der Waals surface area contributed by atoms with E-state index < -0.39 is 0 Å². The van der Waals surface area contributed by atoms with Crippen LogP contribution in [-0.4, -0.2) is 6.04 Å². The predicted octanol–water partition coefficient (Wildman–Crippen LogP) is 3.98. The summed E-state index contributed by atoms with van der Waals surface area (Å²) in [6, 6.07) is 11.4. The highest BCUT2D eigenvalue weighted by molar-refractivity contribution is 5.26. The Balaban J connectivity index is 1.48. The van der Waals surface area contributed by atoms with Gasteiger partial charge < -0.3 is 0 Å². The van der Waals surface area contributed by atoms with Crippen molar-refractivity contribution in [1.82, 2.24) is 5.43 Å². The summed E-state index contributed by atoms with van der Waals surface area (Å²) in [6.45, 7) is 0. The highest BCUT2D eigenvalue weighted by Crippen LogP contribution is 2.50. The first-order chi connectivity index (χ1) is 9.88. The first-order valence-corrected chi connectivity index (χ1v) is 8.39. The summed E-state index contributed by atoms with van der Waals surface area (Å²) in [6.07, 6.45) is 11.2. The van der Waals surface area contributed by atoms with Crippen molar-refractivity contribution in [3.8, 4) is 0 Å². The summed E-state index contributed by atoms with van der Waals surface area (Å²) >= 11 is 0. The summed E-state index contributed by atoms with van der Waals surface area (Å²) in [5.74, 6) is 8.28. The molecule has 0 heterocycles. The molecule has 0 aliphatic heterocycles. The lowest BCUT2D eigenvalue weighted by Crippen LogP contribution is -2.37. The van der Waals surface area contributed by atoms with Gasteiger partial charge in [0.15, 0.2) is 0 Å². The highest BCUT2D eigenvalue weighted by atomic mass is 15.2. The standard InChI is InChI=1S/C18H28N2/c19-20-18(12-11-14-7-3-1-4-8-14)17-13-16(17)15-9-5-2-6-10-15/h2,5-6,9-10,14,16-18,20H,1,3-4,7-8,11-13,19H2. The lowest BCUT2D eigenvalue weighted by atomic mass is 9.84. The van der Waals surface area contributed by atoms with Crippen LogP contribution in [-0.2, 0) is 0 Å². The first-order valence-electron chi connectivity index (χ1n) is 8.39. The maximum Gasteiger partial charge on any atom is 0.0244 e. The van der Waals surface area contributed by atoms with E-state index in [-0.39, 0.29) is 0 Å². The zero-order chi connectivity index (χ0) is 13.8. The van der Waals surface area contributed by atoms with Gasteiger partial charge in [0, 0.05) is 6.04 Å². The van der Waals surface area contributed by atoms with Gasteiger partial charge in [0.2, 0.25) is 0 Å². The molecule has 2 nitrogen and oxygen atoms in total. The molecule has 3 unspecified atom stereocenters. The predicted molar refractivity (Wildman–Crippen MR) is 84.2 cm³/mol. The molecule has 0 amide bonds. The van der Waals surface area contributed by atoms with E-state index in [1.165, 1.54) is 56.9 Å². The number of hydrazine groups is 1. The number of rotatable bonds is 6. The van der Waals surface area contributed by atoms with E-state index in [1.807, 2.05) is 0 Å². The number of nitrogens with two attached hydrogens (primary N) is 1. The second-order valence-electron chi connectivity index (χ2n) is 6.77. The zero-order valence-electron chi connectivity index (χ0n) is 12.4. The monoisotopic (exact) mass is 272 g/mol. The van der Waals surface area contributed by atoms with Crippen LogP contribution in [0.15, 0.2) is 30.3 Å². The maximum absolute atomic E-state index is 5.82. The van der Waals surface area contributed by atoms with Gasteiger partial charge in [-0.25, -0.2) is 0 Å². The summed E-state index contributed by atoms with van der Waals surface area (Å²) in [5.41, 5.74) is 4.60. The molecule has 3 N–H and O–H groups in total. The van der Waals surface area contributed by atoms with Crippen LogP contribution in [0.5, 0.6) is 0 Å². The molecule has 1 aromatic carbocycles. The fourth-order valence-electron chi connectivity index (χ4n) is 4.05. The fraction of sp³-hybridized carbons (Fsp3) is 0.667. The Labute approximate surface area is 123 Å². The molecular weight excluding hydrogens is 244 g/mol. The minimum atomic E-state index is 0.516. The molecular formula is C18H28N2. The van der Waals surface area contributed by atoms with Crippen LogP contribution in [0.3, 0.4) is 0 Å². The molecule has 0 spiro atoms. The molecule has 20 heavy (non-hydrogen) atoms. The van der Waals surface area contributed by atoms with E-state index in [0.717, 1.165) is 17.8 Å². The van der Waals surface area contributed by atoms with Crippen LogP contribution in [0.4, 0.5) is 0 Å². The number of nitrogens with one attached hydrogen (secondary N) is 1. The van der Waals surface area contributed by atoms with Gasteiger partial charge in [0.1, 0.15) is 0 Å². The van der Waals surface area contributed by atoms with Crippen molar-refractivity contribution < 1.29 is 0 Å². The van der Waals surface area contributed by atoms with Gasteiger partial charge in [0.25, 0.3) is 0 Å². The van der Waals surface area contributed by atoms with Crippen molar-refractivity contribution in [3.63, 3.8) is 0 Å². The fourth-order valence-corrected chi connectivity index (χ4v) is 4.05. The lowest BCUT2D eigenvalue weighted by molar-refractivity contribution is 0.304. The molecule has 0 saturated heterocycles. The average molecular weight is 272 g/mol. The Morgan fingerprint density at radius 2 is 1.85 bits per heavy atom. The molecule has 0 aromatic heterocycles. The van der Waals surface area contributed by atoms with Gasteiger partial charge in [-0.05, 0) is 42.6 Å².